The first kappa shape index (κ1) is 21.9. The van der Waals surface area contributed by atoms with Gasteiger partial charge in [-0.3, -0.25) is 4.57 Å². The highest BCUT2D eigenvalue weighted by Crippen LogP contribution is 2.31. The minimum Gasteiger partial charge on any atom is -0.263 e. The fourth-order valence-electron chi connectivity index (χ4n) is 4.42. The highest BCUT2D eigenvalue weighted by atomic mass is 16.2. The molecule has 1 aliphatic rings. The fraction of sp³-hybridized carbons (Fsp3) is 0.250. The van der Waals surface area contributed by atoms with Gasteiger partial charge in [0.2, 0.25) is 5.95 Å². The van der Waals surface area contributed by atoms with Gasteiger partial charge in [-0.1, -0.05) is 91.3 Å². The van der Waals surface area contributed by atoms with Crippen molar-refractivity contribution in [3.63, 3.8) is 0 Å². The summed E-state index contributed by atoms with van der Waals surface area (Å²) >= 11 is 0. The third-order valence-electron chi connectivity index (χ3n) is 6.48. The quantitative estimate of drug-likeness (QED) is 0.433. The first-order chi connectivity index (χ1) is 16.5. The number of hydrogen-bond donors (Lipinski definition) is 0. The van der Waals surface area contributed by atoms with Crippen LogP contribution in [0.25, 0.3) is 0 Å². The average Bonchev–Trinajstić information content (AvgIpc) is 3.43. The topological polar surface area (TPSA) is 55.4 Å². The summed E-state index contributed by atoms with van der Waals surface area (Å²) in [6, 6.07) is 27.2. The van der Waals surface area contributed by atoms with Crippen LogP contribution in [0.1, 0.15) is 40.7 Å². The lowest BCUT2D eigenvalue weighted by Crippen LogP contribution is -2.25. The maximum absolute atomic E-state index is 13.0. The summed E-state index contributed by atoms with van der Waals surface area (Å²) in [5.74, 6) is 0.643. The van der Waals surface area contributed by atoms with Crippen LogP contribution >= 0.6 is 0 Å². The molecule has 5 rings (SSSR count). The first-order valence-corrected chi connectivity index (χ1v) is 11.7. The summed E-state index contributed by atoms with van der Waals surface area (Å²) < 4.78 is 3.10. The second kappa shape index (κ2) is 9.14. The van der Waals surface area contributed by atoms with Gasteiger partial charge in [0, 0.05) is 13.0 Å². The summed E-state index contributed by atoms with van der Waals surface area (Å²) in [7, 11) is 1.76. The van der Waals surface area contributed by atoms with Crippen LogP contribution in [0.2, 0.25) is 0 Å². The number of hydrogen-bond acceptors (Lipinski definition) is 4. The maximum Gasteiger partial charge on any atom is 0.347 e. The van der Waals surface area contributed by atoms with E-state index < -0.39 is 0 Å². The van der Waals surface area contributed by atoms with Crippen molar-refractivity contribution in [2.24, 2.45) is 12.1 Å². The molecule has 6 heteroatoms. The van der Waals surface area contributed by atoms with Gasteiger partial charge in [-0.05, 0) is 35.6 Å². The highest BCUT2D eigenvalue weighted by Gasteiger charge is 2.32. The van der Waals surface area contributed by atoms with Crippen LogP contribution in [0.3, 0.4) is 0 Å². The molecule has 0 N–H and O–H groups in total. The normalized spacial score (nSPS) is 15.6. The van der Waals surface area contributed by atoms with Crippen molar-refractivity contribution >= 4 is 11.7 Å². The fourth-order valence-corrected chi connectivity index (χ4v) is 4.42. The Labute approximate surface area is 199 Å². The molecule has 0 saturated carbocycles. The highest BCUT2D eigenvalue weighted by molar-refractivity contribution is 6.07. The number of hydrazone groups is 1. The maximum atomic E-state index is 13.0. The van der Waals surface area contributed by atoms with E-state index in [2.05, 4.69) is 79.6 Å². The van der Waals surface area contributed by atoms with Crippen LogP contribution in [-0.4, -0.2) is 26.6 Å². The number of nitrogens with zero attached hydrogens (tertiary/aromatic N) is 5. The predicted octanol–water partition coefficient (Wildman–Crippen LogP) is 4.51. The Morgan fingerprint density at radius 2 is 1.59 bits per heavy atom. The van der Waals surface area contributed by atoms with Crippen molar-refractivity contribution in [2.75, 3.05) is 11.6 Å². The van der Waals surface area contributed by atoms with Gasteiger partial charge in [-0.15, -0.1) is 5.10 Å². The van der Waals surface area contributed by atoms with E-state index in [0.29, 0.717) is 19.0 Å². The molecule has 1 aliphatic heterocycles. The number of aromatic nitrogens is 3. The SMILES string of the molecule is CCc1ccc(C2=NN(c3nn(Cc4ccc(C)cc4)c(=O)n3C)C[C@H]2c2ccccc2)cc1. The minimum absolute atomic E-state index is 0.0889. The lowest BCUT2D eigenvalue weighted by Gasteiger charge is -2.15. The first-order valence-electron chi connectivity index (χ1n) is 11.7. The molecule has 0 unspecified atom stereocenters. The summed E-state index contributed by atoms with van der Waals surface area (Å²) in [5.41, 5.74) is 6.67. The zero-order chi connectivity index (χ0) is 23.7. The standard InChI is InChI=1S/C28H29N5O/c1-4-21-14-16-24(17-15-21)26-25(23-8-6-5-7-9-23)19-32(29-26)27-30-33(28(34)31(27)3)18-22-12-10-20(2)11-13-22/h5-17,25H,4,18-19H2,1-3H3/t25-/m0/s1. The van der Waals surface area contributed by atoms with Crippen LogP contribution in [-0.2, 0) is 20.0 Å². The molecule has 1 atom stereocenters. The molecule has 34 heavy (non-hydrogen) atoms. The zero-order valence-electron chi connectivity index (χ0n) is 19.8. The zero-order valence-corrected chi connectivity index (χ0v) is 19.8. The monoisotopic (exact) mass is 451 g/mol. The van der Waals surface area contributed by atoms with Gasteiger partial charge in [-0.2, -0.15) is 5.10 Å². The largest absolute Gasteiger partial charge is 0.347 e. The molecule has 0 fully saturated rings. The second-order valence-corrected chi connectivity index (χ2v) is 8.87. The molecule has 0 radical (unpaired) electrons. The van der Waals surface area contributed by atoms with E-state index in [9.17, 15) is 4.79 Å². The second-order valence-electron chi connectivity index (χ2n) is 8.87. The van der Waals surface area contributed by atoms with E-state index >= 15 is 0 Å². The van der Waals surface area contributed by atoms with Gasteiger partial charge in [0.15, 0.2) is 0 Å². The molecule has 0 saturated heterocycles. The Hall–Kier alpha value is -3.93. The molecular weight excluding hydrogens is 422 g/mol. The van der Waals surface area contributed by atoms with Gasteiger partial charge in [-0.25, -0.2) is 14.5 Å². The Morgan fingerprint density at radius 3 is 2.26 bits per heavy atom. The number of rotatable bonds is 6. The third kappa shape index (κ3) is 4.19. The summed E-state index contributed by atoms with van der Waals surface area (Å²) in [6.07, 6.45) is 1.00. The van der Waals surface area contributed by atoms with Crippen molar-refractivity contribution in [2.45, 2.75) is 32.7 Å². The molecule has 4 aromatic rings. The lowest BCUT2D eigenvalue weighted by molar-refractivity contribution is 0.645. The van der Waals surface area contributed by atoms with Crippen molar-refractivity contribution in [1.82, 2.24) is 14.3 Å². The van der Waals surface area contributed by atoms with Gasteiger partial charge in [0.1, 0.15) is 0 Å². The number of anilines is 1. The van der Waals surface area contributed by atoms with E-state index in [4.69, 9.17) is 5.10 Å². The van der Waals surface area contributed by atoms with Crippen LogP contribution < -0.4 is 10.7 Å². The summed E-state index contributed by atoms with van der Waals surface area (Å²) in [6.45, 7) is 5.27. The van der Waals surface area contributed by atoms with E-state index in [1.54, 1.807) is 11.6 Å². The van der Waals surface area contributed by atoms with Gasteiger partial charge >= 0.3 is 5.69 Å². The van der Waals surface area contributed by atoms with E-state index in [-0.39, 0.29) is 11.6 Å². The Kier molecular flexibility index (Phi) is 5.88. The third-order valence-corrected chi connectivity index (χ3v) is 6.48. The van der Waals surface area contributed by atoms with Crippen LogP contribution in [0.15, 0.2) is 88.8 Å². The van der Waals surface area contributed by atoms with Gasteiger partial charge in [0.25, 0.3) is 0 Å². The van der Waals surface area contributed by atoms with Crippen LogP contribution in [0, 0.1) is 6.92 Å². The molecule has 1 aromatic heterocycles. The van der Waals surface area contributed by atoms with Crippen LogP contribution in [0.4, 0.5) is 5.95 Å². The van der Waals surface area contributed by atoms with Crippen molar-refractivity contribution in [3.05, 3.63) is 117 Å². The minimum atomic E-state index is -0.150. The average molecular weight is 452 g/mol. The van der Waals surface area contributed by atoms with E-state index in [0.717, 1.165) is 23.3 Å². The molecule has 0 spiro atoms. The molecular formula is C28H29N5O. The van der Waals surface area contributed by atoms with E-state index in [1.165, 1.54) is 21.4 Å². The van der Waals surface area contributed by atoms with Gasteiger partial charge < -0.3 is 0 Å². The molecule has 6 nitrogen and oxygen atoms in total. The Morgan fingerprint density at radius 1 is 0.912 bits per heavy atom. The van der Waals surface area contributed by atoms with E-state index in [1.807, 2.05) is 23.2 Å². The number of benzene rings is 3. The van der Waals surface area contributed by atoms with Gasteiger partial charge in [0.05, 0.1) is 18.8 Å². The molecule has 0 amide bonds. The van der Waals surface area contributed by atoms with Crippen LogP contribution in [0.5, 0.6) is 0 Å². The predicted molar refractivity (Wildman–Crippen MR) is 137 cm³/mol. The summed E-state index contributed by atoms with van der Waals surface area (Å²) in [5, 5.41) is 11.5. The molecule has 0 aliphatic carbocycles. The molecule has 0 bridgehead atoms. The number of aryl methyl sites for hydroxylation is 2. The Balaban J connectivity index is 1.51. The molecule has 2 heterocycles. The van der Waals surface area contributed by atoms with Crippen molar-refractivity contribution in [3.8, 4) is 0 Å². The smallest absolute Gasteiger partial charge is 0.263 e. The Bertz CT molecular complexity index is 1370. The lowest BCUT2D eigenvalue weighted by atomic mass is 9.90. The van der Waals surface area contributed by atoms with Crippen molar-refractivity contribution in [1.29, 1.82) is 0 Å². The molecule has 172 valence electrons. The van der Waals surface area contributed by atoms with Crippen molar-refractivity contribution < 1.29 is 0 Å². The summed E-state index contributed by atoms with van der Waals surface area (Å²) in [4.78, 5) is 13.0. The molecule has 3 aromatic carbocycles.